The van der Waals surface area contributed by atoms with Gasteiger partial charge in [0.05, 0.1) is 6.07 Å². The molecule has 1 aromatic heterocycles. The van der Waals surface area contributed by atoms with Crippen LogP contribution in [-0.4, -0.2) is 9.78 Å². The number of hydrogen-bond acceptors (Lipinski definition) is 3. The van der Waals surface area contributed by atoms with E-state index in [2.05, 4.69) is 5.10 Å². The molecule has 4 nitrogen and oxygen atoms in total. The van der Waals surface area contributed by atoms with E-state index in [1.807, 2.05) is 6.07 Å². The van der Waals surface area contributed by atoms with Crippen molar-refractivity contribution in [3.8, 4) is 6.07 Å². The Bertz CT molecular complexity index is 309. The van der Waals surface area contributed by atoms with E-state index in [-0.39, 0.29) is 12.1 Å². The Kier molecular flexibility index (Phi) is 1.80. The Labute approximate surface area is 57.3 Å². The van der Waals surface area contributed by atoms with E-state index in [9.17, 15) is 4.79 Å². The zero-order chi connectivity index (χ0) is 7.40. The maximum Gasteiger partial charge on any atom is 0.267 e. The maximum absolute atomic E-state index is 10.8. The Morgan fingerprint density at radius 1 is 1.80 bits per heavy atom. The van der Waals surface area contributed by atoms with Crippen molar-refractivity contribution in [1.82, 2.24) is 9.78 Å². The summed E-state index contributed by atoms with van der Waals surface area (Å²) in [7, 11) is 0. The maximum atomic E-state index is 10.8. The third-order valence-electron chi connectivity index (χ3n) is 1.01. The fraction of sp³-hybridized carbons (Fsp3) is 0.167. The van der Waals surface area contributed by atoms with Crippen LogP contribution in [0.2, 0.25) is 0 Å². The average molecular weight is 135 g/mol. The highest BCUT2D eigenvalue weighted by Crippen LogP contribution is 1.72. The molecule has 0 bridgehead atoms. The van der Waals surface area contributed by atoms with Crippen LogP contribution in [0, 0.1) is 11.3 Å². The van der Waals surface area contributed by atoms with Gasteiger partial charge in [0, 0.05) is 12.3 Å². The lowest BCUT2D eigenvalue weighted by Gasteiger charge is -1.92. The lowest BCUT2D eigenvalue weighted by Crippen LogP contribution is -2.20. The van der Waals surface area contributed by atoms with Gasteiger partial charge in [-0.05, 0) is 6.07 Å². The Morgan fingerprint density at radius 2 is 2.60 bits per heavy atom. The molecule has 0 saturated heterocycles. The molecule has 0 aliphatic carbocycles. The first kappa shape index (κ1) is 6.49. The molecule has 50 valence electrons. The summed E-state index contributed by atoms with van der Waals surface area (Å²) in [6.45, 7) is 0.0136. The molecule has 0 aliphatic heterocycles. The fourth-order valence-electron chi connectivity index (χ4n) is 0.573. The highest BCUT2D eigenvalue weighted by atomic mass is 16.1. The van der Waals surface area contributed by atoms with Gasteiger partial charge < -0.3 is 0 Å². The Hall–Kier alpha value is -1.63. The molecule has 1 heterocycles. The largest absolute Gasteiger partial charge is 0.268 e. The summed E-state index contributed by atoms with van der Waals surface area (Å²) in [6, 6.07) is 4.73. The van der Waals surface area contributed by atoms with Crippen molar-refractivity contribution in [1.29, 1.82) is 5.26 Å². The van der Waals surface area contributed by atoms with Crippen LogP contribution in [0.3, 0.4) is 0 Å². The first-order valence-electron chi connectivity index (χ1n) is 2.73. The van der Waals surface area contributed by atoms with E-state index < -0.39 is 0 Å². The van der Waals surface area contributed by atoms with Crippen molar-refractivity contribution >= 4 is 0 Å². The minimum atomic E-state index is -0.246. The first-order chi connectivity index (χ1) is 4.84. The highest BCUT2D eigenvalue weighted by molar-refractivity contribution is 4.86. The topological polar surface area (TPSA) is 58.7 Å². The summed E-state index contributed by atoms with van der Waals surface area (Å²) in [5, 5.41) is 11.8. The van der Waals surface area contributed by atoms with Gasteiger partial charge in [0.2, 0.25) is 0 Å². The molecule has 0 N–H and O–H groups in total. The van der Waals surface area contributed by atoms with Crippen molar-refractivity contribution in [2.75, 3.05) is 0 Å². The van der Waals surface area contributed by atoms with E-state index in [0.717, 1.165) is 4.68 Å². The van der Waals surface area contributed by atoms with Gasteiger partial charge in [-0.2, -0.15) is 10.4 Å². The van der Waals surface area contributed by atoms with Gasteiger partial charge in [-0.1, -0.05) is 0 Å². The van der Waals surface area contributed by atoms with Crippen LogP contribution in [0.25, 0.3) is 0 Å². The van der Waals surface area contributed by atoms with Crippen LogP contribution < -0.4 is 5.56 Å². The third kappa shape index (κ3) is 1.20. The highest BCUT2D eigenvalue weighted by Gasteiger charge is 1.89. The zero-order valence-electron chi connectivity index (χ0n) is 5.19. The predicted octanol–water partition coefficient (Wildman–Crippen LogP) is -0.233. The van der Waals surface area contributed by atoms with Gasteiger partial charge in [-0.15, -0.1) is 0 Å². The van der Waals surface area contributed by atoms with Gasteiger partial charge in [-0.25, -0.2) is 4.68 Å². The number of aromatic nitrogens is 2. The zero-order valence-corrected chi connectivity index (χ0v) is 5.19. The van der Waals surface area contributed by atoms with E-state index in [1.54, 1.807) is 0 Å². The molecular formula is C6H5N3O. The quantitative estimate of drug-likeness (QED) is 0.534. The summed E-state index contributed by atoms with van der Waals surface area (Å²) in [6.07, 6.45) is 1.47. The van der Waals surface area contributed by atoms with E-state index in [4.69, 9.17) is 5.26 Å². The van der Waals surface area contributed by atoms with Gasteiger partial charge in [-0.3, -0.25) is 4.79 Å². The van der Waals surface area contributed by atoms with E-state index in [0.29, 0.717) is 0 Å². The summed E-state index contributed by atoms with van der Waals surface area (Å²) < 4.78 is 1.10. The van der Waals surface area contributed by atoms with Gasteiger partial charge in [0.1, 0.15) is 6.54 Å². The summed E-state index contributed by atoms with van der Waals surface area (Å²) in [5.41, 5.74) is -0.246. The second kappa shape index (κ2) is 2.78. The van der Waals surface area contributed by atoms with Crippen LogP contribution in [0.15, 0.2) is 23.1 Å². The third-order valence-corrected chi connectivity index (χ3v) is 1.01. The minimum absolute atomic E-state index is 0.0136. The molecule has 1 rings (SSSR count). The molecule has 1 aromatic rings. The second-order valence-electron chi connectivity index (χ2n) is 1.68. The van der Waals surface area contributed by atoms with Crippen molar-refractivity contribution in [3.05, 3.63) is 28.7 Å². The lowest BCUT2D eigenvalue weighted by atomic mass is 10.6. The predicted molar refractivity (Wildman–Crippen MR) is 34.1 cm³/mol. The van der Waals surface area contributed by atoms with E-state index in [1.165, 1.54) is 18.3 Å². The summed E-state index contributed by atoms with van der Waals surface area (Å²) in [5.74, 6) is 0. The van der Waals surface area contributed by atoms with Gasteiger partial charge in [0.15, 0.2) is 0 Å². The molecule has 0 fully saturated rings. The van der Waals surface area contributed by atoms with Crippen LogP contribution >= 0.6 is 0 Å². The smallest absolute Gasteiger partial charge is 0.267 e. The molecule has 0 aliphatic rings. The van der Waals surface area contributed by atoms with Crippen LogP contribution in [0.1, 0.15) is 0 Å². The summed E-state index contributed by atoms with van der Waals surface area (Å²) in [4.78, 5) is 10.8. The van der Waals surface area contributed by atoms with Crippen molar-refractivity contribution in [3.63, 3.8) is 0 Å². The van der Waals surface area contributed by atoms with E-state index >= 15 is 0 Å². The number of hydrogen-bond donors (Lipinski definition) is 0. The second-order valence-corrected chi connectivity index (χ2v) is 1.68. The molecule has 0 aromatic carbocycles. The van der Waals surface area contributed by atoms with Crippen LogP contribution in [0.5, 0.6) is 0 Å². The SMILES string of the molecule is N#CCn1ncccc1=O. The number of rotatable bonds is 1. The Morgan fingerprint density at radius 3 is 3.20 bits per heavy atom. The molecule has 10 heavy (non-hydrogen) atoms. The molecule has 0 saturated carbocycles. The molecule has 0 spiro atoms. The normalized spacial score (nSPS) is 8.70. The number of nitriles is 1. The number of nitrogens with zero attached hydrogens (tertiary/aromatic N) is 3. The molecule has 0 radical (unpaired) electrons. The van der Waals surface area contributed by atoms with Crippen molar-refractivity contribution < 1.29 is 0 Å². The first-order valence-corrected chi connectivity index (χ1v) is 2.73. The van der Waals surface area contributed by atoms with Gasteiger partial charge in [0.25, 0.3) is 5.56 Å². The van der Waals surface area contributed by atoms with Crippen molar-refractivity contribution in [2.45, 2.75) is 6.54 Å². The standard InChI is InChI=1S/C6H5N3O/c7-3-5-9-6(10)2-1-4-8-9/h1-2,4H,5H2. The minimum Gasteiger partial charge on any atom is -0.268 e. The van der Waals surface area contributed by atoms with Crippen molar-refractivity contribution in [2.24, 2.45) is 0 Å². The molecule has 0 amide bonds. The fourth-order valence-corrected chi connectivity index (χ4v) is 0.573. The monoisotopic (exact) mass is 135 g/mol. The molecular weight excluding hydrogens is 130 g/mol. The summed E-state index contributed by atoms with van der Waals surface area (Å²) >= 11 is 0. The molecule has 0 unspecified atom stereocenters. The van der Waals surface area contributed by atoms with Crippen LogP contribution in [0.4, 0.5) is 0 Å². The molecule has 4 heteroatoms. The van der Waals surface area contributed by atoms with Gasteiger partial charge >= 0.3 is 0 Å². The van der Waals surface area contributed by atoms with Crippen LogP contribution in [-0.2, 0) is 6.54 Å². The molecule has 0 atom stereocenters. The Balaban J connectivity index is 3.07. The lowest BCUT2D eigenvalue weighted by molar-refractivity contribution is 0.658. The average Bonchev–Trinajstić information content (AvgIpc) is 1.94.